The molecule has 110 valence electrons. The van der Waals surface area contributed by atoms with Gasteiger partial charge in [0, 0.05) is 6.04 Å². The Morgan fingerprint density at radius 2 is 1.90 bits per heavy atom. The molecule has 6 nitrogen and oxygen atoms in total. The van der Waals surface area contributed by atoms with Crippen LogP contribution in [-0.4, -0.2) is 25.5 Å². The molecular formula is C13H18N2O4S. The quantitative estimate of drug-likeness (QED) is 0.785. The maximum Gasteiger partial charge on any atom is 0.335 e. The average Bonchev–Trinajstić information content (AvgIpc) is 2.39. The van der Waals surface area contributed by atoms with Crippen LogP contribution >= 0.6 is 0 Å². The first-order chi connectivity index (χ1) is 9.38. The molecule has 4 N–H and O–H groups in total. The normalized spacial score (nSPS) is 16.9. The molecule has 0 aliphatic heterocycles. The summed E-state index contributed by atoms with van der Waals surface area (Å²) in [4.78, 5) is 10.8. The van der Waals surface area contributed by atoms with Gasteiger partial charge in [-0.3, -0.25) is 0 Å². The summed E-state index contributed by atoms with van der Waals surface area (Å²) in [6, 6.07) is 4.16. The highest BCUT2D eigenvalue weighted by Crippen LogP contribution is 2.26. The largest absolute Gasteiger partial charge is 0.478 e. The van der Waals surface area contributed by atoms with Crippen LogP contribution in [0.4, 0.5) is 5.69 Å². The average molecular weight is 298 g/mol. The second-order valence-corrected chi connectivity index (χ2v) is 6.57. The van der Waals surface area contributed by atoms with Gasteiger partial charge in [0.05, 0.1) is 11.3 Å². The van der Waals surface area contributed by atoms with Crippen molar-refractivity contribution in [3.63, 3.8) is 0 Å². The lowest BCUT2D eigenvalue weighted by atomic mass is 9.95. The van der Waals surface area contributed by atoms with Gasteiger partial charge < -0.3 is 10.4 Å². The van der Waals surface area contributed by atoms with Crippen molar-refractivity contribution in [3.05, 3.63) is 23.8 Å². The van der Waals surface area contributed by atoms with Crippen molar-refractivity contribution in [2.45, 2.75) is 43.0 Å². The predicted molar refractivity (Wildman–Crippen MR) is 75.3 cm³/mol. The summed E-state index contributed by atoms with van der Waals surface area (Å²) in [5.41, 5.74) is 0.285. The summed E-state index contributed by atoms with van der Waals surface area (Å²) in [5.74, 6) is -1.18. The van der Waals surface area contributed by atoms with E-state index in [2.05, 4.69) is 5.32 Å². The van der Waals surface area contributed by atoms with E-state index < -0.39 is 16.0 Å². The van der Waals surface area contributed by atoms with Crippen LogP contribution in [0.15, 0.2) is 23.1 Å². The number of primary sulfonamides is 1. The lowest BCUT2D eigenvalue weighted by Gasteiger charge is -2.24. The first-order valence-electron chi connectivity index (χ1n) is 6.54. The SMILES string of the molecule is NS(=O)(=O)c1cc(C(=O)O)ccc1NC1CCCCC1. The van der Waals surface area contributed by atoms with Crippen LogP contribution in [0.25, 0.3) is 0 Å². The molecule has 0 bridgehead atoms. The Morgan fingerprint density at radius 1 is 1.25 bits per heavy atom. The Hall–Kier alpha value is -1.60. The van der Waals surface area contributed by atoms with Gasteiger partial charge in [-0.1, -0.05) is 19.3 Å². The number of carbonyl (C=O) groups is 1. The third kappa shape index (κ3) is 3.49. The van der Waals surface area contributed by atoms with Gasteiger partial charge in [0.1, 0.15) is 4.90 Å². The molecule has 2 rings (SSSR count). The standard InChI is InChI=1S/C13H18N2O4S/c14-20(18,19)12-8-9(13(16)17)6-7-11(12)15-10-4-2-1-3-5-10/h6-8,10,15H,1-5H2,(H,16,17)(H2,14,18,19). The molecule has 1 fully saturated rings. The number of rotatable bonds is 4. The number of nitrogens with two attached hydrogens (primary N) is 1. The van der Waals surface area contributed by atoms with Gasteiger partial charge in [-0.25, -0.2) is 18.4 Å². The Kier molecular flexibility index (Phi) is 4.29. The molecule has 0 saturated heterocycles. The highest BCUT2D eigenvalue weighted by atomic mass is 32.2. The monoisotopic (exact) mass is 298 g/mol. The van der Waals surface area contributed by atoms with Gasteiger partial charge in [0.15, 0.2) is 0 Å². The fourth-order valence-corrected chi connectivity index (χ4v) is 3.20. The molecule has 0 atom stereocenters. The van der Waals surface area contributed by atoms with Gasteiger partial charge >= 0.3 is 5.97 Å². The molecule has 1 aliphatic rings. The summed E-state index contributed by atoms with van der Waals surface area (Å²) in [6.07, 6.45) is 5.36. The number of hydrogen-bond acceptors (Lipinski definition) is 4. The number of nitrogens with one attached hydrogen (secondary N) is 1. The first kappa shape index (κ1) is 14.8. The van der Waals surface area contributed by atoms with Crippen LogP contribution < -0.4 is 10.5 Å². The number of hydrogen-bond donors (Lipinski definition) is 3. The zero-order valence-electron chi connectivity index (χ0n) is 11.0. The summed E-state index contributed by atoms with van der Waals surface area (Å²) in [5, 5.41) is 17.3. The van der Waals surface area contributed by atoms with Crippen molar-refractivity contribution in [3.8, 4) is 0 Å². The lowest BCUT2D eigenvalue weighted by Crippen LogP contribution is -2.24. The topological polar surface area (TPSA) is 109 Å². The van der Waals surface area contributed by atoms with E-state index in [9.17, 15) is 13.2 Å². The van der Waals surface area contributed by atoms with Crippen molar-refractivity contribution < 1.29 is 18.3 Å². The minimum absolute atomic E-state index is 0.0942. The van der Waals surface area contributed by atoms with E-state index in [-0.39, 0.29) is 16.5 Å². The lowest BCUT2D eigenvalue weighted by molar-refractivity contribution is 0.0696. The van der Waals surface area contributed by atoms with Crippen molar-refractivity contribution >= 4 is 21.7 Å². The number of sulfonamides is 1. The van der Waals surface area contributed by atoms with Crippen LogP contribution in [0.1, 0.15) is 42.5 Å². The number of anilines is 1. The van der Waals surface area contributed by atoms with Crippen LogP contribution in [-0.2, 0) is 10.0 Å². The number of benzene rings is 1. The van der Waals surface area contributed by atoms with Gasteiger partial charge in [0.25, 0.3) is 0 Å². The van der Waals surface area contributed by atoms with Gasteiger partial charge in [-0.2, -0.15) is 0 Å². The van der Waals surface area contributed by atoms with Crippen LogP contribution in [0, 0.1) is 0 Å². The fourth-order valence-electron chi connectivity index (χ4n) is 2.48. The van der Waals surface area contributed by atoms with Crippen molar-refractivity contribution in [2.24, 2.45) is 5.14 Å². The predicted octanol–water partition coefficient (Wildman–Crippen LogP) is 1.78. The minimum atomic E-state index is -3.97. The number of carboxylic acids is 1. The summed E-state index contributed by atoms with van der Waals surface area (Å²) < 4.78 is 23.2. The smallest absolute Gasteiger partial charge is 0.335 e. The Balaban J connectivity index is 2.33. The molecule has 1 aliphatic carbocycles. The van der Waals surface area contributed by atoms with Crippen LogP contribution in [0.3, 0.4) is 0 Å². The molecule has 0 unspecified atom stereocenters. The molecule has 0 radical (unpaired) electrons. The molecule has 20 heavy (non-hydrogen) atoms. The minimum Gasteiger partial charge on any atom is -0.478 e. The Morgan fingerprint density at radius 3 is 2.45 bits per heavy atom. The molecule has 0 amide bonds. The summed E-state index contributed by atoms with van der Waals surface area (Å²) >= 11 is 0. The van der Waals surface area contributed by atoms with Gasteiger partial charge in [-0.15, -0.1) is 0 Å². The molecule has 0 spiro atoms. The third-order valence-electron chi connectivity index (χ3n) is 3.50. The molecule has 0 heterocycles. The number of carboxylic acid groups (broad SMARTS) is 1. The highest BCUT2D eigenvalue weighted by molar-refractivity contribution is 7.89. The van der Waals surface area contributed by atoms with Crippen molar-refractivity contribution in [2.75, 3.05) is 5.32 Å². The van der Waals surface area contributed by atoms with E-state index >= 15 is 0 Å². The zero-order valence-corrected chi connectivity index (χ0v) is 11.8. The zero-order chi connectivity index (χ0) is 14.8. The Bertz CT molecular complexity index is 607. The maximum absolute atomic E-state index is 11.6. The molecule has 1 aromatic carbocycles. The van der Waals surface area contributed by atoms with Crippen molar-refractivity contribution in [1.29, 1.82) is 0 Å². The second-order valence-electron chi connectivity index (χ2n) is 5.04. The van der Waals surface area contributed by atoms with E-state index in [0.29, 0.717) is 5.69 Å². The second kappa shape index (κ2) is 5.80. The number of aromatic carboxylic acids is 1. The molecule has 7 heteroatoms. The van der Waals surface area contributed by atoms with E-state index in [1.54, 1.807) is 0 Å². The van der Waals surface area contributed by atoms with Crippen molar-refractivity contribution in [1.82, 2.24) is 0 Å². The molecule has 1 aromatic rings. The molecule has 1 saturated carbocycles. The van der Waals surface area contributed by atoms with Gasteiger partial charge in [0.2, 0.25) is 10.0 Å². The summed E-state index contributed by atoms with van der Waals surface area (Å²) in [6.45, 7) is 0. The first-order valence-corrected chi connectivity index (χ1v) is 8.09. The third-order valence-corrected chi connectivity index (χ3v) is 4.45. The van der Waals surface area contributed by atoms with E-state index in [0.717, 1.165) is 31.7 Å². The van der Waals surface area contributed by atoms with E-state index in [1.165, 1.54) is 18.6 Å². The molecular weight excluding hydrogens is 280 g/mol. The highest BCUT2D eigenvalue weighted by Gasteiger charge is 2.20. The van der Waals surface area contributed by atoms with E-state index in [1.807, 2.05) is 0 Å². The van der Waals surface area contributed by atoms with Crippen LogP contribution in [0.5, 0.6) is 0 Å². The van der Waals surface area contributed by atoms with Gasteiger partial charge in [-0.05, 0) is 31.0 Å². The van der Waals surface area contributed by atoms with E-state index in [4.69, 9.17) is 10.2 Å². The molecule has 0 aromatic heterocycles. The maximum atomic E-state index is 11.6. The summed E-state index contributed by atoms with van der Waals surface area (Å²) in [7, 11) is -3.97. The van der Waals surface area contributed by atoms with Crippen LogP contribution in [0.2, 0.25) is 0 Å². The Labute approximate surface area is 118 Å². The fraction of sp³-hybridized carbons (Fsp3) is 0.462.